The summed E-state index contributed by atoms with van der Waals surface area (Å²) in [5.41, 5.74) is -0.726. The first-order chi connectivity index (χ1) is 21.6. The van der Waals surface area contributed by atoms with Crippen molar-refractivity contribution in [2.45, 2.75) is 76.9 Å². The molecule has 46 heavy (non-hydrogen) atoms. The third kappa shape index (κ3) is 7.08. The summed E-state index contributed by atoms with van der Waals surface area (Å²) in [6, 6.07) is 4.31. The Bertz CT molecular complexity index is 1420. The maximum absolute atomic E-state index is 13.5. The van der Waals surface area contributed by atoms with Gasteiger partial charge in [-0.3, -0.25) is 14.9 Å². The molecule has 4 aliphatic heterocycles. The third-order valence-corrected chi connectivity index (χ3v) is 10.6. The van der Waals surface area contributed by atoms with Gasteiger partial charge in [-0.1, -0.05) is 6.92 Å². The molecule has 0 spiro atoms. The van der Waals surface area contributed by atoms with E-state index < -0.39 is 40.5 Å². The second-order valence-electron chi connectivity index (χ2n) is 13.6. The Morgan fingerprint density at radius 2 is 1.74 bits per heavy atom. The number of likely N-dealkylation sites (tertiary alicyclic amines) is 2. The molecule has 0 bridgehead atoms. The summed E-state index contributed by atoms with van der Waals surface area (Å²) in [4.78, 5) is 68.4. The van der Waals surface area contributed by atoms with Crippen LogP contribution in [0.15, 0.2) is 34.9 Å². The lowest BCUT2D eigenvalue weighted by Crippen LogP contribution is -2.63. The van der Waals surface area contributed by atoms with E-state index in [-0.39, 0.29) is 40.1 Å². The summed E-state index contributed by atoms with van der Waals surface area (Å²) in [6.07, 6.45) is 1.50. The Labute approximate surface area is 272 Å². The number of rotatable bonds is 8. The fourth-order valence-electron chi connectivity index (χ4n) is 6.81. The highest BCUT2D eigenvalue weighted by molar-refractivity contribution is 8.03. The first kappa shape index (κ1) is 33.9. The molecule has 5 rings (SSSR count). The number of amides is 2. The highest BCUT2D eigenvalue weighted by Crippen LogP contribution is 2.52. The number of piperidine rings is 1. The number of aliphatic hydroxyl groups excluding tert-OH is 1. The number of nitrogens with zero attached hydrogens (tertiary/aromatic N) is 4. The minimum absolute atomic E-state index is 0.0310. The van der Waals surface area contributed by atoms with Gasteiger partial charge < -0.3 is 29.3 Å². The molecule has 250 valence electrons. The van der Waals surface area contributed by atoms with Gasteiger partial charge in [0.25, 0.3) is 5.69 Å². The van der Waals surface area contributed by atoms with Crippen molar-refractivity contribution < 1.29 is 38.7 Å². The van der Waals surface area contributed by atoms with Gasteiger partial charge in [-0.05, 0) is 71.6 Å². The fourth-order valence-corrected chi connectivity index (χ4v) is 8.32. The van der Waals surface area contributed by atoms with Crippen molar-refractivity contribution in [3.05, 3.63) is 50.5 Å². The quantitative estimate of drug-likeness (QED) is 0.142. The van der Waals surface area contributed by atoms with Gasteiger partial charge in [0.15, 0.2) is 0 Å². The summed E-state index contributed by atoms with van der Waals surface area (Å²) < 4.78 is 10.7. The smallest absolute Gasteiger partial charge is 0.410 e. The number of β-lactam (4-membered cyclic amide) rings is 1. The van der Waals surface area contributed by atoms with E-state index in [1.54, 1.807) is 11.8 Å². The van der Waals surface area contributed by atoms with E-state index in [4.69, 9.17) is 9.47 Å². The molecule has 3 fully saturated rings. The van der Waals surface area contributed by atoms with E-state index in [9.17, 15) is 34.4 Å². The number of hydrogen-bond acceptors (Lipinski definition) is 11. The Morgan fingerprint density at radius 3 is 2.33 bits per heavy atom. The molecule has 4 aliphatic rings. The highest BCUT2D eigenvalue weighted by atomic mass is 32.2. The van der Waals surface area contributed by atoms with Crippen LogP contribution in [-0.2, 0) is 19.1 Å². The summed E-state index contributed by atoms with van der Waals surface area (Å²) in [6.45, 7) is 13.0. The van der Waals surface area contributed by atoms with Crippen LogP contribution >= 0.6 is 11.8 Å². The monoisotopic (exact) mass is 658 g/mol. The molecule has 0 aliphatic carbocycles. The van der Waals surface area contributed by atoms with E-state index in [0.29, 0.717) is 23.9 Å². The predicted octanol–water partition coefficient (Wildman–Crippen LogP) is 3.80. The van der Waals surface area contributed by atoms with Crippen LogP contribution in [0, 0.1) is 27.9 Å². The Balaban J connectivity index is 1.23. The average molecular weight is 659 g/mol. The van der Waals surface area contributed by atoms with Gasteiger partial charge in [0, 0.05) is 54.4 Å². The van der Waals surface area contributed by atoms with Crippen molar-refractivity contribution in [1.82, 2.24) is 14.7 Å². The highest BCUT2D eigenvalue weighted by Gasteiger charge is 2.60. The maximum atomic E-state index is 13.5. The zero-order chi connectivity index (χ0) is 33.5. The molecule has 0 radical (unpaired) electrons. The molecule has 1 aromatic carbocycles. The van der Waals surface area contributed by atoms with Crippen molar-refractivity contribution in [2.24, 2.45) is 17.8 Å². The molecule has 0 aromatic heterocycles. The van der Waals surface area contributed by atoms with E-state index in [2.05, 4.69) is 4.90 Å². The number of fused-ring (bicyclic) bond motifs is 1. The summed E-state index contributed by atoms with van der Waals surface area (Å²) in [5.74, 6) is -2.77. The number of aliphatic hydroxyl groups is 1. The van der Waals surface area contributed by atoms with Crippen LogP contribution in [0.3, 0.4) is 0 Å². The van der Waals surface area contributed by atoms with Crippen LogP contribution in [-0.4, -0.2) is 104 Å². The molecule has 5 atom stereocenters. The molecule has 1 unspecified atom stereocenters. The van der Waals surface area contributed by atoms with Crippen LogP contribution in [0.5, 0.6) is 0 Å². The number of nitro groups is 1. The van der Waals surface area contributed by atoms with Gasteiger partial charge in [0.1, 0.15) is 11.3 Å². The Morgan fingerprint density at radius 1 is 1.09 bits per heavy atom. The predicted molar refractivity (Wildman–Crippen MR) is 168 cm³/mol. The first-order valence-corrected chi connectivity index (χ1v) is 16.7. The number of ether oxygens (including phenoxy) is 2. The molecule has 4 heterocycles. The first-order valence-electron chi connectivity index (χ1n) is 15.8. The minimum atomic E-state index is -0.974. The SMILES string of the molecule is CC(O)[C@H]1C(=O)N2C(C(=O)OC(=O)c3ccc([N+](=O)[O-])cc3)=C(S[C@@H]3CCN(CC4CCN(C(=O)OC(C)(C)C)CC4)C3)[C@H](C)[C@H]12. The number of benzene rings is 1. The van der Waals surface area contributed by atoms with Crippen LogP contribution in [0.1, 0.15) is 64.2 Å². The number of nitro benzene ring substituents is 1. The summed E-state index contributed by atoms with van der Waals surface area (Å²) in [7, 11) is 0. The Kier molecular flexibility index (Phi) is 9.81. The number of non-ortho nitro benzene ring substituents is 1. The van der Waals surface area contributed by atoms with Gasteiger partial charge in [0.2, 0.25) is 5.91 Å². The lowest BCUT2D eigenvalue weighted by Gasteiger charge is -2.46. The van der Waals surface area contributed by atoms with Crippen molar-refractivity contribution in [3.63, 3.8) is 0 Å². The number of thioether (sulfide) groups is 1. The van der Waals surface area contributed by atoms with Crippen molar-refractivity contribution in [1.29, 1.82) is 0 Å². The number of carbonyl (C=O) groups is 4. The zero-order valence-electron chi connectivity index (χ0n) is 26.8. The molecule has 0 saturated carbocycles. The summed E-state index contributed by atoms with van der Waals surface area (Å²) >= 11 is 1.53. The second kappa shape index (κ2) is 13.3. The molecule has 1 aromatic rings. The zero-order valence-corrected chi connectivity index (χ0v) is 27.7. The Hall–Kier alpha value is -3.49. The molecular weight excluding hydrogens is 616 g/mol. The van der Waals surface area contributed by atoms with Gasteiger partial charge in [-0.2, -0.15) is 0 Å². The number of hydrogen-bond donors (Lipinski definition) is 1. The summed E-state index contributed by atoms with van der Waals surface area (Å²) in [5, 5.41) is 21.4. The van der Waals surface area contributed by atoms with E-state index in [0.717, 1.165) is 51.0 Å². The van der Waals surface area contributed by atoms with Gasteiger partial charge >= 0.3 is 18.0 Å². The normalized spacial score (nSPS) is 26.1. The minimum Gasteiger partial charge on any atom is -0.444 e. The average Bonchev–Trinajstić information content (AvgIpc) is 3.52. The number of esters is 2. The molecule has 2 amide bonds. The molecule has 3 saturated heterocycles. The van der Waals surface area contributed by atoms with Crippen LogP contribution in [0.4, 0.5) is 10.5 Å². The maximum Gasteiger partial charge on any atom is 0.410 e. The van der Waals surface area contributed by atoms with E-state index in [1.807, 2.05) is 27.7 Å². The van der Waals surface area contributed by atoms with Crippen LogP contribution in [0.25, 0.3) is 0 Å². The van der Waals surface area contributed by atoms with E-state index >= 15 is 0 Å². The standard InChI is InChI=1S/C32H42N4O9S/c1-18-25-24(19(2)37)28(38)35(25)26(30(40)44-29(39)21-6-8-22(9-7-21)36(42)43)27(18)46-23-12-13-33(17-23)16-20-10-14-34(15-11-20)31(41)45-32(3,4)5/h6-9,18-20,23-25,37H,10-17H2,1-5H3/t18-,19?,23-,24-,25-/m1/s1. The fraction of sp³-hybridized carbons (Fsp3) is 0.625. The van der Waals surface area contributed by atoms with Crippen molar-refractivity contribution >= 4 is 41.4 Å². The third-order valence-electron chi connectivity index (χ3n) is 9.11. The van der Waals surface area contributed by atoms with Gasteiger partial charge in [0.05, 0.1) is 28.6 Å². The van der Waals surface area contributed by atoms with Crippen LogP contribution < -0.4 is 0 Å². The van der Waals surface area contributed by atoms with E-state index in [1.165, 1.54) is 28.8 Å². The molecule has 14 heteroatoms. The second-order valence-corrected chi connectivity index (χ2v) is 15.0. The molecule has 1 N–H and O–H groups in total. The number of carbonyl (C=O) groups excluding carboxylic acids is 4. The lowest BCUT2D eigenvalue weighted by atomic mass is 9.79. The van der Waals surface area contributed by atoms with Gasteiger partial charge in [-0.15, -0.1) is 11.8 Å². The van der Waals surface area contributed by atoms with Gasteiger partial charge in [-0.25, -0.2) is 14.4 Å². The lowest BCUT2D eigenvalue weighted by molar-refractivity contribution is -0.384. The van der Waals surface area contributed by atoms with Crippen molar-refractivity contribution in [2.75, 3.05) is 32.7 Å². The molecular formula is C32H42N4O9S. The van der Waals surface area contributed by atoms with Crippen molar-refractivity contribution in [3.8, 4) is 0 Å². The topological polar surface area (TPSA) is 160 Å². The largest absolute Gasteiger partial charge is 0.444 e. The van der Waals surface area contributed by atoms with Crippen LogP contribution in [0.2, 0.25) is 0 Å². The molecule has 13 nitrogen and oxygen atoms in total.